The van der Waals surface area contributed by atoms with E-state index in [4.69, 9.17) is 10.5 Å². The van der Waals surface area contributed by atoms with Crippen LogP contribution >= 0.6 is 0 Å². The van der Waals surface area contributed by atoms with E-state index in [-0.39, 0.29) is 17.6 Å². The monoisotopic (exact) mass is 284 g/mol. The third-order valence-electron chi connectivity index (χ3n) is 5.26. The lowest BCUT2D eigenvalue weighted by molar-refractivity contribution is -0.0256. The van der Waals surface area contributed by atoms with Gasteiger partial charge in [0, 0.05) is 23.5 Å². The maximum absolute atomic E-state index is 11.1. The predicted octanol–water partition coefficient (Wildman–Crippen LogP) is 2.16. The Bertz CT molecular complexity index is 669. The number of ether oxygens (including phenoxy) is 1. The average Bonchev–Trinajstić information content (AvgIpc) is 3.15. The van der Waals surface area contributed by atoms with Crippen molar-refractivity contribution in [1.29, 1.82) is 0 Å². The van der Waals surface area contributed by atoms with Crippen molar-refractivity contribution in [2.45, 2.75) is 37.6 Å². The quantitative estimate of drug-likeness (QED) is 0.906. The van der Waals surface area contributed by atoms with Gasteiger partial charge in [-0.15, -0.1) is 0 Å². The highest BCUT2D eigenvalue weighted by Gasteiger charge is 2.55. The van der Waals surface area contributed by atoms with Crippen LogP contribution in [0.5, 0.6) is 0 Å². The topological polar surface area (TPSA) is 68.4 Å². The molecule has 2 bridgehead atoms. The lowest BCUT2D eigenvalue weighted by Gasteiger charge is -2.39. The van der Waals surface area contributed by atoms with Crippen molar-refractivity contribution in [2.75, 3.05) is 6.54 Å². The van der Waals surface area contributed by atoms with Gasteiger partial charge in [0.25, 0.3) is 0 Å². The van der Waals surface area contributed by atoms with Gasteiger partial charge >= 0.3 is 0 Å². The second kappa shape index (κ2) is 4.77. The molecule has 4 heteroatoms. The first-order valence-electron chi connectivity index (χ1n) is 7.62. The standard InChI is InChI=1S/C17H20N2O2/c18-10-17(9-11-5-6-15(17)21-11)16(20)13-7-8-19-14-4-2-1-3-12(13)14/h1-4,7-8,11,15-16,20H,5-6,9-10,18H2. The Morgan fingerprint density at radius 2 is 2.19 bits per heavy atom. The molecule has 2 aliphatic heterocycles. The Morgan fingerprint density at radius 3 is 2.90 bits per heavy atom. The van der Waals surface area contributed by atoms with Gasteiger partial charge in [-0.05, 0) is 37.0 Å². The smallest absolute Gasteiger partial charge is 0.0891 e. The summed E-state index contributed by atoms with van der Waals surface area (Å²) in [4.78, 5) is 4.37. The number of para-hydroxylation sites is 1. The Balaban J connectivity index is 1.81. The highest BCUT2D eigenvalue weighted by atomic mass is 16.5. The molecule has 4 rings (SSSR count). The fourth-order valence-electron chi connectivity index (χ4n) is 4.11. The first-order chi connectivity index (χ1) is 10.2. The van der Waals surface area contributed by atoms with Crippen molar-refractivity contribution >= 4 is 10.9 Å². The Hall–Kier alpha value is -1.49. The van der Waals surface area contributed by atoms with Gasteiger partial charge < -0.3 is 15.6 Å². The predicted molar refractivity (Wildman–Crippen MR) is 80.7 cm³/mol. The number of aliphatic hydroxyl groups is 1. The summed E-state index contributed by atoms with van der Waals surface area (Å²) in [5.41, 5.74) is 7.55. The van der Waals surface area contributed by atoms with Gasteiger partial charge in [-0.2, -0.15) is 0 Å². The molecule has 2 saturated heterocycles. The first kappa shape index (κ1) is 13.2. The molecule has 2 aliphatic rings. The van der Waals surface area contributed by atoms with Crippen LogP contribution < -0.4 is 5.73 Å². The molecule has 0 radical (unpaired) electrons. The molecule has 0 aliphatic carbocycles. The molecule has 0 spiro atoms. The average molecular weight is 284 g/mol. The van der Waals surface area contributed by atoms with E-state index >= 15 is 0 Å². The molecule has 0 saturated carbocycles. The van der Waals surface area contributed by atoms with Crippen LogP contribution in [0.3, 0.4) is 0 Å². The number of nitrogens with two attached hydrogens (primary N) is 1. The fourth-order valence-corrected chi connectivity index (χ4v) is 4.11. The van der Waals surface area contributed by atoms with Crippen molar-refractivity contribution in [3.8, 4) is 0 Å². The normalized spacial score (nSPS) is 32.7. The number of aromatic nitrogens is 1. The van der Waals surface area contributed by atoms with Crippen molar-refractivity contribution in [1.82, 2.24) is 4.98 Å². The molecule has 3 N–H and O–H groups in total. The van der Waals surface area contributed by atoms with Crippen molar-refractivity contribution in [3.63, 3.8) is 0 Å². The first-order valence-corrected chi connectivity index (χ1v) is 7.62. The number of benzene rings is 1. The molecule has 4 atom stereocenters. The number of hydrogen-bond acceptors (Lipinski definition) is 4. The van der Waals surface area contributed by atoms with Crippen LogP contribution in [-0.2, 0) is 4.74 Å². The highest BCUT2D eigenvalue weighted by Crippen LogP contribution is 2.54. The minimum Gasteiger partial charge on any atom is -0.388 e. The Labute approximate surface area is 123 Å². The van der Waals surface area contributed by atoms with E-state index in [9.17, 15) is 5.11 Å². The number of nitrogens with zero attached hydrogens (tertiary/aromatic N) is 1. The summed E-state index contributed by atoms with van der Waals surface area (Å²) in [6, 6.07) is 9.84. The lowest BCUT2D eigenvalue weighted by Crippen LogP contribution is -2.44. The van der Waals surface area contributed by atoms with Gasteiger partial charge in [-0.25, -0.2) is 0 Å². The van der Waals surface area contributed by atoms with Crippen molar-refractivity contribution in [3.05, 3.63) is 42.1 Å². The summed E-state index contributed by atoms with van der Waals surface area (Å²) in [5, 5.41) is 12.1. The van der Waals surface area contributed by atoms with Gasteiger partial charge in [0.15, 0.2) is 0 Å². The van der Waals surface area contributed by atoms with Gasteiger partial charge in [0.2, 0.25) is 0 Å². The van der Waals surface area contributed by atoms with Crippen LogP contribution in [0.2, 0.25) is 0 Å². The largest absolute Gasteiger partial charge is 0.388 e. The fraction of sp³-hybridized carbons (Fsp3) is 0.471. The molecule has 2 fully saturated rings. The summed E-state index contributed by atoms with van der Waals surface area (Å²) in [6.07, 6.45) is 4.45. The SMILES string of the molecule is NCC1(C(O)c2ccnc3ccccc23)CC2CCC1O2. The summed E-state index contributed by atoms with van der Waals surface area (Å²) < 4.78 is 5.98. The van der Waals surface area contributed by atoms with Crippen LogP contribution in [0.25, 0.3) is 10.9 Å². The number of hydrogen-bond donors (Lipinski definition) is 2. The highest BCUT2D eigenvalue weighted by molar-refractivity contribution is 5.82. The second-order valence-electron chi connectivity index (χ2n) is 6.29. The molecule has 1 aromatic carbocycles. The zero-order valence-electron chi connectivity index (χ0n) is 11.9. The van der Waals surface area contributed by atoms with E-state index in [0.29, 0.717) is 6.54 Å². The molecule has 4 nitrogen and oxygen atoms in total. The number of pyridine rings is 1. The number of aliphatic hydroxyl groups excluding tert-OH is 1. The summed E-state index contributed by atoms with van der Waals surface area (Å²) in [5.74, 6) is 0. The number of fused-ring (bicyclic) bond motifs is 3. The molecule has 110 valence electrons. The van der Waals surface area contributed by atoms with Gasteiger partial charge in [0.1, 0.15) is 0 Å². The van der Waals surface area contributed by atoms with E-state index in [1.807, 2.05) is 30.3 Å². The zero-order chi connectivity index (χ0) is 14.4. The molecular weight excluding hydrogens is 264 g/mol. The van der Waals surface area contributed by atoms with Gasteiger partial charge in [-0.3, -0.25) is 4.98 Å². The Kier molecular flexibility index (Phi) is 2.99. The summed E-state index contributed by atoms with van der Waals surface area (Å²) in [7, 11) is 0. The third kappa shape index (κ3) is 1.83. The van der Waals surface area contributed by atoms with Crippen LogP contribution in [-0.4, -0.2) is 28.8 Å². The third-order valence-corrected chi connectivity index (χ3v) is 5.26. The summed E-state index contributed by atoms with van der Waals surface area (Å²) in [6.45, 7) is 0.450. The van der Waals surface area contributed by atoms with E-state index in [1.165, 1.54) is 0 Å². The maximum atomic E-state index is 11.1. The molecule has 1 aromatic heterocycles. The minimum absolute atomic E-state index is 0.0782. The van der Waals surface area contributed by atoms with E-state index < -0.39 is 6.10 Å². The van der Waals surface area contributed by atoms with E-state index in [1.54, 1.807) is 6.20 Å². The van der Waals surface area contributed by atoms with Gasteiger partial charge in [0.05, 0.1) is 23.8 Å². The molecular formula is C17H20N2O2. The molecule has 4 unspecified atom stereocenters. The second-order valence-corrected chi connectivity index (χ2v) is 6.29. The molecule has 21 heavy (non-hydrogen) atoms. The Morgan fingerprint density at radius 1 is 1.33 bits per heavy atom. The van der Waals surface area contributed by atoms with Crippen LogP contribution in [0.4, 0.5) is 0 Å². The van der Waals surface area contributed by atoms with Crippen molar-refractivity contribution in [2.24, 2.45) is 11.1 Å². The van der Waals surface area contributed by atoms with E-state index in [2.05, 4.69) is 4.98 Å². The van der Waals surface area contributed by atoms with Crippen LogP contribution in [0, 0.1) is 5.41 Å². The molecule has 3 heterocycles. The number of rotatable bonds is 3. The lowest BCUT2D eigenvalue weighted by atomic mass is 9.68. The van der Waals surface area contributed by atoms with Crippen molar-refractivity contribution < 1.29 is 9.84 Å². The molecule has 2 aromatic rings. The molecule has 0 amide bonds. The van der Waals surface area contributed by atoms with E-state index in [0.717, 1.165) is 35.7 Å². The zero-order valence-corrected chi connectivity index (χ0v) is 11.9. The summed E-state index contributed by atoms with van der Waals surface area (Å²) >= 11 is 0. The van der Waals surface area contributed by atoms with Crippen LogP contribution in [0.1, 0.15) is 30.9 Å². The minimum atomic E-state index is -0.606. The van der Waals surface area contributed by atoms with Crippen LogP contribution in [0.15, 0.2) is 36.5 Å². The van der Waals surface area contributed by atoms with Gasteiger partial charge in [-0.1, -0.05) is 18.2 Å². The maximum Gasteiger partial charge on any atom is 0.0891 e.